The molecule has 1 aliphatic rings. The molecular formula is C17H21NO3. The largest absolute Gasteiger partial charge is 0.497 e. The first-order chi connectivity index (χ1) is 10.3. The smallest absolute Gasteiger partial charge is 0.118 e. The number of benzene rings is 1. The summed E-state index contributed by atoms with van der Waals surface area (Å²) in [5.41, 5.74) is 1.28. The van der Waals surface area contributed by atoms with E-state index in [-0.39, 0.29) is 6.10 Å². The van der Waals surface area contributed by atoms with Crippen LogP contribution in [0.15, 0.2) is 47.1 Å². The van der Waals surface area contributed by atoms with Crippen LogP contribution >= 0.6 is 0 Å². The van der Waals surface area contributed by atoms with Crippen LogP contribution in [0.2, 0.25) is 0 Å². The zero-order valence-corrected chi connectivity index (χ0v) is 12.3. The Morgan fingerprint density at radius 3 is 2.81 bits per heavy atom. The fourth-order valence-corrected chi connectivity index (χ4v) is 2.69. The van der Waals surface area contributed by atoms with E-state index in [1.54, 1.807) is 13.4 Å². The molecule has 0 bridgehead atoms. The first-order valence-electron chi connectivity index (χ1n) is 7.33. The predicted molar refractivity (Wildman–Crippen MR) is 80.4 cm³/mol. The Hall–Kier alpha value is -1.78. The highest BCUT2D eigenvalue weighted by atomic mass is 16.5. The van der Waals surface area contributed by atoms with E-state index in [0.717, 1.165) is 44.2 Å². The highest BCUT2D eigenvalue weighted by Crippen LogP contribution is 2.17. The van der Waals surface area contributed by atoms with E-state index in [0.29, 0.717) is 0 Å². The summed E-state index contributed by atoms with van der Waals surface area (Å²) in [5.74, 6) is 1.91. The zero-order chi connectivity index (χ0) is 14.5. The van der Waals surface area contributed by atoms with Crippen LogP contribution in [-0.4, -0.2) is 37.8 Å². The van der Waals surface area contributed by atoms with Gasteiger partial charge < -0.3 is 13.9 Å². The fourth-order valence-electron chi connectivity index (χ4n) is 2.69. The van der Waals surface area contributed by atoms with Crippen molar-refractivity contribution >= 4 is 0 Å². The van der Waals surface area contributed by atoms with Gasteiger partial charge in [0, 0.05) is 13.1 Å². The average Bonchev–Trinajstić information content (AvgIpc) is 3.01. The highest BCUT2D eigenvalue weighted by molar-refractivity contribution is 5.27. The molecule has 112 valence electrons. The molecule has 1 fully saturated rings. The molecule has 2 aromatic rings. The topological polar surface area (TPSA) is 34.8 Å². The van der Waals surface area contributed by atoms with Gasteiger partial charge in [-0.1, -0.05) is 12.1 Å². The Balaban J connectivity index is 1.55. The van der Waals surface area contributed by atoms with Gasteiger partial charge in [0.2, 0.25) is 0 Å². The molecule has 2 heterocycles. The molecule has 0 N–H and O–H groups in total. The van der Waals surface area contributed by atoms with E-state index in [1.807, 2.05) is 24.3 Å². The molecule has 1 aliphatic heterocycles. The van der Waals surface area contributed by atoms with Crippen molar-refractivity contribution in [1.82, 2.24) is 4.90 Å². The molecular weight excluding hydrogens is 266 g/mol. The van der Waals surface area contributed by atoms with Crippen LogP contribution in [0.25, 0.3) is 0 Å². The SMILES string of the molecule is COc1ccc(C[C@H]2CN(Cc3ccco3)CCO2)cc1. The van der Waals surface area contributed by atoms with Gasteiger partial charge in [0.05, 0.1) is 32.6 Å². The number of methoxy groups -OCH3 is 1. The van der Waals surface area contributed by atoms with Gasteiger partial charge in [0.15, 0.2) is 0 Å². The maximum absolute atomic E-state index is 5.88. The molecule has 0 aliphatic carbocycles. The minimum atomic E-state index is 0.238. The zero-order valence-electron chi connectivity index (χ0n) is 12.3. The summed E-state index contributed by atoms with van der Waals surface area (Å²) in [4.78, 5) is 2.39. The molecule has 0 amide bonds. The van der Waals surface area contributed by atoms with Crippen LogP contribution < -0.4 is 4.74 Å². The number of nitrogens with zero attached hydrogens (tertiary/aromatic N) is 1. The van der Waals surface area contributed by atoms with E-state index in [9.17, 15) is 0 Å². The summed E-state index contributed by atoms with van der Waals surface area (Å²) in [6.07, 6.45) is 2.89. The van der Waals surface area contributed by atoms with Crippen molar-refractivity contribution in [1.29, 1.82) is 0 Å². The van der Waals surface area contributed by atoms with Gasteiger partial charge in [-0.15, -0.1) is 0 Å². The lowest BCUT2D eigenvalue weighted by atomic mass is 10.1. The van der Waals surface area contributed by atoms with E-state index in [4.69, 9.17) is 13.9 Å². The first-order valence-corrected chi connectivity index (χ1v) is 7.33. The molecule has 0 saturated carbocycles. The van der Waals surface area contributed by atoms with Gasteiger partial charge in [0.25, 0.3) is 0 Å². The quantitative estimate of drug-likeness (QED) is 0.847. The number of ether oxygens (including phenoxy) is 2. The van der Waals surface area contributed by atoms with Crippen molar-refractivity contribution in [2.45, 2.75) is 19.1 Å². The lowest BCUT2D eigenvalue weighted by Gasteiger charge is -2.32. The molecule has 0 radical (unpaired) electrons. The third-order valence-corrected chi connectivity index (χ3v) is 3.80. The van der Waals surface area contributed by atoms with Crippen LogP contribution in [0.4, 0.5) is 0 Å². The number of furan rings is 1. The van der Waals surface area contributed by atoms with Crippen LogP contribution in [-0.2, 0) is 17.7 Å². The molecule has 0 unspecified atom stereocenters. The summed E-state index contributed by atoms with van der Waals surface area (Å²) >= 11 is 0. The second kappa shape index (κ2) is 6.78. The number of hydrogen-bond acceptors (Lipinski definition) is 4. The summed E-state index contributed by atoms with van der Waals surface area (Å²) in [7, 11) is 1.69. The van der Waals surface area contributed by atoms with E-state index in [2.05, 4.69) is 17.0 Å². The molecule has 3 rings (SSSR count). The monoisotopic (exact) mass is 287 g/mol. The van der Waals surface area contributed by atoms with Gasteiger partial charge in [-0.2, -0.15) is 0 Å². The van der Waals surface area contributed by atoms with Gasteiger partial charge in [-0.25, -0.2) is 0 Å². The second-order valence-electron chi connectivity index (χ2n) is 5.36. The van der Waals surface area contributed by atoms with Crippen molar-refractivity contribution in [3.63, 3.8) is 0 Å². The van der Waals surface area contributed by atoms with Crippen molar-refractivity contribution in [2.75, 3.05) is 26.8 Å². The van der Waals surface area contributed by atoms with Crippen molar-refractivity contribution in [3.8, 4) is 5.75 Å². The van der Waals surface area contributed by atoms with Gasteiger partial charge in [0.1, 0.15) is 11.5 Å². The van der Waals surface area contributed by atoms with Crippen LogP contribution in [0.1, 0.15) is 11.3 Å². The summed E-state index contributed by atoms with van der Waals surface area (Å²) in [5, 5.41) is 0. The lowest BCUT2D eigenvalue weighted by molar-refractivity contribution is -0.0322. The second-order valence-corrected chi connectivity index (χ2v) is 5.36. The van der Waals surface area contributed by atoms with Crippen molar-refractivity contribution < 1.29 is 13.9 Å². The average molecular weight is 287 g/mol. The molecule has 4 nitrogen and oxygen atoms in total. The van der Waals surface area contributed by atoms with Gasteiger partial charge in [-0.3, -0.25) is 4.90 Å². The molecule has 1 saturated heterocycles. The Morgan fingerprint density at radius 2 is 2.10 bits per heavy atom. The van der Waals surface area contributed by atoms with Gasteiger partial charge in [-0.05, 0) is 36.2 Å². The number of morpholine rings is 1. The van der Waals surface area contributed by atoms with Gasteiger partial charge >= 0.3 is 0 Å². The third-order valence-electron chi connectivity index (χ3n) is 3.80. The Morgan fingerprint density at radius 1 is 1.24 bits per heavy atom. The number of hydrogen-bond donors (Lipinski definition) is 0. The minimum Gasteiger partial charge on any atom is -0.497 e. The maximum Gasteiger partial charge on any atom is 0.118 e. The molecule has 21 heavy (non-hydrogen) atoms. The fraction of sp³-hybridized carbons (Fsp3) is 0.412. The molecule has 4 heteroatoms. The maximum atomic E-state index is 5.88. The van der Waals surface area contributed by atoms with E-state index >= 15 is 0 Å². The highest BCUT2D eigenvalue weighted by Gasteiger charge is 2.21. The molecule has 1 aromatic carbocycles. The molecule has 1 atom stereocenters. The number of rotatable bonds is 5. The first kappa shape index (κ1) is 14.2. The standard InChI is InChI=1S/C17H21NO3/c1-19-15-6-4-14(5-7-15)11-17-13-18(8-10-21-17)12-16-3-2-9-20-16/h2-7,9,17H,8,10-13H2,1H3/t17-/m0/s1. The lowest BCUT2D eigenvalue weighted by Crippen LogP contribution is -2.42. The Bertz CT molecular complexity index is 536. The van der Waals surface area contributed by atoms with Crippen molar-refractivity contribution in [3.05, 3.63) is 54.0 Å². The Kier molecular flexibility index (Phi) is 4.58. The molecule has 1 aromatic heterocycles. The van der Waals surface area contributed by atoms with Crippen LogP contribution in [0.3, 0.4) is 0 Å². The molecule has 0 spiro atoms. The third kappa shape index (κ3) is 3.86. The van der Waals surface area contributed by atoms with Crippen LogP contribution in [0, 0.1) is 0 Å². The minimum absolute atomic E-state index is 0.238. The van der Waals surface area contributed by atoms with E-state index < -0.39 is 0 Å². The summed E-state index contributed by atoms with van der Waals surface area (Å²) < 4.78 is 16.5. The Labute approximate surface area is 125 Å². The van der Waals surface area contributed by atoms with Crippen molar-refractivity contribution in [2.24, 2.45) is 0 Å². The summed E-state index contributed by atoms with van der Waals surface area (Å²) in [6, 6.07) is 12.2. The summed E-state index contributed by atoms with van der Waals surface area (Å²) in [6.45, 7) is 3.53. The predicted octanol–water partition coefficient (Wildman–Crippen LogP) is 2.73. The van der Waals surface area contributed by atoms with Crippen LogP contribution in [0.5, 0.6) is 5.75 Å². The normalized spacial score (nSPS) is 19.6. The van der Waals surface area contributed by atoms with E-state index in [1.165, 1.54) is 5.56 Å².